The summed E-state index contributed by atoms with van der Waals surface area (Å²) in [5.41, 5.74) is 5.62. The van der Waals surface area contributed by atoms with Crippen molar-refractivity contribution in [1.82, 2.24) is 13.9 Å². The van der Waals surface area contributed by atoms with Gasteiger partial charge >= 0.3 is 0 Å². The van der Waals surface area contributed by atoms with E-state index in [4.69, 9.17) is 10.9 Å². The van der Waals surface area contributed by atoms with Gasteiger partial charge in [0.15, 0.2) is 10.9 Å². The molecule has 9 heteroatoms. The van der Waals surface area contributed by atoms with Crippen LogP contribution >= 0.6 is 0 Å². The predicted octanol–water partition coefficient (Wildman–Crippen LogP) is 0.0181. The van der Waals surface area contributed by atoms with Crippen LogP contribution in [0.5, 0.6) is 0 Å². The van der Waals surface area contributed by atoms with E-state index in [1.807, 2.05) is 0 Å². The highest BCUT2D eigenvalue weighted by atomic mass is 32.2. The van der Waals surface area contributed by atoms with Crippen LogP contribution in [0.3, 0.4) is 0 Å². The molecule has 1 aromatic rings. The maximum Gasteiger partial charge on any atom is 0.262 e. The van der Waals surface area contributed by atoms with Gasteiger partial charge < -0.3 is 15.5 Å². The third-order valence-corrected chi connectivity index (χ3v) is 5.35. The molecule has 1 saturated heterocycles. The molecule has 1 aliphatic rings. The second-order valence-electron chi connectivity index (χ2n) is 4.89. The molecule has 3 N–H and O–H groups in total. The Morgan fingerprint density at radius 1 is 1.55 bits per heavy atom. The number of imidazole rings is 1. The number of aromatic nitrogens is 2. The van der Waals surface area contributed by atoms with Crippen LogP contribution in [0.15, 0.2) is 16.4 Å². The molecule has 1 aromatic heterocycles. The fourth-order valence-corrected chi connectivity index (χ4v) is 4.02. The van der Waals surface area contributed by atoms with E-state index in [1.165, 1.54) is 10.5 Å². The molecule has 8 nitrogen and oxygen atoms in total. The van der Waals surface area contributed by atoms with Crippen LogP contribution in [-0.4, -0.2) is 45.9 Å². The number of hydrogen-bond acceptors (Lipinski definition) is 5. The molecule has 20 heavy (non-hydrogen) atoms. The first-order chi connectivity index (χ1) is 9.37. The van der Waals surface area contributed by atoms with Crippen molar-refractivity contribution < 1.29 is 13.6 Å². The molecule has 1 fully saturated rings. The van der Waals surface area contributed by atoms with Crippen LogP contribution in [0.4, 0.5) is 0 Å². The van der Waals surface area contributed by atoms with Gasteiger partial charge in [0.2, 0.25) is 0 Å². The predicted molar refractivity (Wildman–Crippen MR) is 72.9 cm³/mol. The zero-order valence-corrected chi connectivity index (χ0v) is 12.3. The van der Waals surface area contributed by atoms with Gasteiger partial charge in [-0.1, -0.05) is 11.6 Å². The highest BCUT2D eigenvalue weighted by Gasteiger charge is 2.37. The van der Waals surface area contributed by atoms with Crippen LogP contribution in [0.1, 0.15) is 25.1 Å². The van der Waals surface area contributed by atoms with Crippen molar-refractivity contribution in [3.8, 4) is 0 Å². The molecule has 2 rings (SSSR count). The topological polar surface area (TPSA) is 114 Å². The molecular formula is C11H19N5O3S. The minimum Gasteiger partial charge on any atom is -0.409 e. The third kappa shape index (κ3) is 2.50. The van der Waals surface area contributed by atoms with Crippen molar-refractivity contribution in [2.75, 3.05) is 6.54 Å². The molecule has 2 heterocycles. The van der Waals surface area contributed by atoms with Crippen molar-refractivity contribution >= 4 is 15.9 Å². The van der Waals surface area contributed by atoms with Crippen LogP contribution in [0.2, 0.25) is 0 Å². The Kier molecular flexibility index (Phi) is 4.00. The van der Waals surface area contributed by atoms with E-state index in [9.17, 15) is 8.42 Å². The Balaban J connectivity index is 2.40. The first-order valence-corrected chi connectivity index (χ1v) is 7.81. The number of piperidine rings is 1. The number of oxime groups is 1. The van der Waals surface area contributed by atoms with Gasteiger partial charge in [0.1, 0.15) is 5.82 Å². The standard InChI is InChI=1S/C11H19N5O3S/c1-8-13-10(7-15(8)2)20(18,19)16-6-4-3-5-9(16)11(12)14-17/h7,9,17H,3-6H2,1-2H3,(H2,12,14). The largest absolute Gasteiger partial charge is 0.409 e. The quantitative estimate of drug-likeness (QED) is 0.353. The smallest absolute Gasteiger partial charge is 0.262 e. The average Bonchev–Trinajstić information content (AvgIpc) is 2.78. The van der Waals surface area contributed by atoms with Gasteiger partial charge in [-0.3, -0.25) is 0 Å². The van der Waals surface area contributed by atoms with E-state index in [2.05, 4.69) is 10.1 Å². The number of nitrogens with zero attached hydrogens (tertiary/aromatic N) is 4. The molecule has 0 aromatic carbocycles. The highest BCUT2D eigenvalue weighted by molar-refractivity contribution is 7.89. The van der Waals surface area contributed by atoms with E-state index < -0.39 is 16.1 Å². The maximum atomic E-state index is 12.6. The van der Waals surface area contributed by atoms with Crippen molar-refractivity contribution in [3.63, 3.8) is 0 Å². The second kappa shape index (κ2) is 5.41. The summed E-state index contributed by atoms with van der Waals surface area (Å²) >= 11 is 0. The first kappa shape index (κ1) is 14.8. The number of hydrogen-bond donors (Lipinski definition) is 2. The van der Waals surface area contributed by atoms with E-state index in [0.717, 1.165) is 12.8 Å². The van der Waals surface area contributed by atoms with E-state index in [1.54, 1.807) is 18.5 Å². The van der Waals surface area contributed by atoms with Crippen molar-refractivity contribution in [3.05, 3.63) is 12.0 Å². The number of sulfonamides is 1. The van der Waals surface area contributed by atoms with Crippen molar-refractivity contribution in [2.24, 2.45) is 17.9 Å². The number of aryl methyl sites for hydroxylation is 2. The molecule has 1 aliphatic heterocycles. The maximum absolute atomic E-state index is 12.6. The summed E-state index contributed by atoms with van der Waals surface area (Å²) in [7, 11) is -2.00. The fraction of sp³-hybridized carbons (Fsp3) is 0.636. The molecule has 1 atom stereocenters. The Bertz CT molecular complexity index is 603. The van der Waals surface area contributed by atoms with Crippen LogP contribution < -0.4 is 5.73 Å². The Labute approximate surface area is 117 Å². The summed E-state index contributed by atoms with van der Waals surface area (Å²) in [4.78, 5) is 4.07. The average molecular weight is 301 g/mol. The SMILES string of the molecule is Cc1nc(S(=O)(=O)N2CCCCC2C(N)=NO)cn1C. The van der Waals surface area contributed by atoms with Crippen LogP contribution in [0.25, 0.3) is 0 Å². The normalized spacial score (nSPS) is 22.1. The van der Waals surface area contributed by atoms with E-state index in [0.29, 0.717) is 18.8 Å². The van der Waals surface area contributed by atoms with Crippen molar-refractivity contribution in [2.45, 2.75) is 37.3 Å². The lowest BCUT2D eigenvalue weighted by Gasteiger charge is -2.32. The van der Waals surface area contributed by atoms with Gasteiger partial charge in [-0.25, -0.2) is 13.4 Å². The van der Waals surface area contributed by atoms with Gasteiger partial charge in [-0.05, 0) is 19.8 Å². The first-order valence-electron chi connectivity index (χ1n) is 6.37. The van der Waals surface area contributed by atoms with Gasteiger partial charge in [-0.15, -0.1) is 0 Å². The Hall–Kier alpha value is -1.61. The molecule has 112 valence electrons. The Morgan fingerprint density at radius 2 is 2.25 bits per heavy atom. The number of rotatable bonds is 3. The summed E-state index contributed by atoms with van der Waals surface area (Å²) in [6.07, 6.45) is 3.61. The van der Waals surface area contributed by atoms with Crippen LogP contribution in [-0.2, 0) is 17.1 Å². The second-order valence-corrected chi connectivity index (χ2v) is 6.73. The lowest BCUT2D eigenvalue weighted by Crippen LogP contribution is -2.50. The van der Waals surface area contributed by atoms with Gasteiger partial charge in [0.25, 0.3) is 10.0 Å². The molecule has 0 saturated carbocycles. The summed E-state index contributed by atoms with van der Waals surface area (Å²) < 4.78 is 28.2. The highest BCUT2D eigenvalue weighted by Crippen LogP contribution is 2.25. The summed E-state index contributed by atoms with van der Waals surface area (Å²) in [5.74, 6) is 0.529. The molecular weight excluding hydrogens is 282 g/mol. The minimum atomic E-state index is -3.74. The molecule has 1 unspecified atom stereocenters. The zero-order chi connectivity index (χ0) is 14.9. The Morgan fingerprint density at radius 3 is 2.80 bits per heavy atom. The summed E-state index contributed by atoms with van der Waals surface area (Å²) in [5, 5.41) is 11.8. The van der Waals surface area contributed by atoms with Gasteiger partial charge in [0.05, 0.1) is 6.04 Å². The summed E-state index contributed by atoms with van der Waals surface area (Å²) in [6.45, 7) is 2.08. The molecule has 0 amide bonds. The number of nitrogens with two attached hydrogens (primary N) is 1. The fourth-order valence-electron chi connectivity index (χ4n) is 2.33. The minimum absolute atomic E-state index is 0.00450. The zero-order valence-electron chi connectivity index (χ0n) is 11.5. The molecule has 0 radical (unpaired) electrons. The van der Waals surface area contributed by atoms with Crippen LogP contribution in [0, 0.1) is 6.92 Å². The third-order valence-electron chi connectivity index (χ3n) is 3.57. The lowest BCUT2D eigenvalue weighted by atomic mass is 10.0. The lowest BCUT2D eigenvalue weighted by molar-refractivity contribution is 0.280. The molecule has 0 aliphatic carbocycles. The van der Waals surface area contributed by atoms with E-state index >= 15 is 0 Å². The monoisotopic (exact) mass is 301 g/mol. The molecule has 0 bridgehead atoms. The van der Waals surface area contributed by atoms with Crippen molar-refractivity contribution in [1.29, 1.82) is 0 Å². The number of amidine groups is 1. The van der Waals surface area contributed by atoms with Gasteiger partial charge in [-0.2, -0.15) is 4.31 Å². The summed E-state index contributed by atoms with van der Waals surface area (Å²) in [6, 6.07) is -0.610. The van der Waals surface area contributed by atoms with E-state index in [-0.39, 0.29) is 10.9 Å². The van der Waals surface area contributed by atoms with Gasteiger partial charge in [0, 0.05) is 19.8 Å². The molecule has 0 spiro atoms.